The highest BCUT2D eigenvalue weighted by Crippen LogP contribution is 2.36. The molecule has 0 aromatic heterocycles. The number of methoxy groups -OCH3 is 1. The third kappa shape index (κ3) is 1.58. The summed E-state index contributed by atoms with van der Waals surface area (Å²) in [7, 11) is 1.76. The fourth-order valence-electron chi connectivity index (χ4n) is 2.12. The Labute approximate surface area is 91.2 Å². The van der Waals surface area contributed by atoms with E-state index in [4.69, 9.17) is 9.47 Å². The van der Waals surface area contributed by atoms with Gasteiger partial charge in [-0.3, -0.25) is 0 Å². The van der Waals surface area contributed by atoms with E-state index >= 15 is 0 Å². The molecule has 0 bridgehead atoms. The zero-order valence-corrected chi connectivity index (χ0v) is 9.89. The standard InChI is InChI=1S/C13H18O2/c1-9-5-11(3)12(6-10(9)2)13(14-4)7-15-8-13/h5-6H,7-8H2,1-4H3. The highest BCUT2D eigenvalue weighted by molar-refractivity contribution is 5.40. The zero-order chi connectivity index (χ0) is 11.1. The van der Waals surface area contributed by atoms with Crippen molar-refractivity contribution in [2.24, 2.45) is 0 Å². The quantitative estimate of drug-likeness (QED) is 0.740. The second-order valence-corrected chi connectivity index (χ2v) is 4.44. The van der Waals surface area contributed by atoms with Crippen molar-refractivity contribution in [1.82, 2.24) is 0 Å². The first kappa shape index (κ1) is 10.7. The Hall–Kier alpha value is -0.860. The predicted octanol–water partition coefficient (Wildman–Crippen LogP) is 2.48. The first-order valence-corrected chi connectivity index (χ1v) is 5.30. The summed E-state index contributed by atoms with van der Waals surface area (Å²) in [6, 6.07) is 4.46. The van der Waals surface area contributed by atoms with E-state index in [0.29, 0.717) is 13.2 Å². The molecule has 0 amide bonds. The summed E-state index contributed by atoms with van der Waals surface area (Å²) >= 11 is 0. The van der Waals surface area contributed by atoms with Gasteiger partial charge < -0.3 is 9.47 Å². The number of hydrogen-bond acceptors (Lipinski definition) is 2. The molecule has 0 unspecified atom stereocenters. The van der Waals surface area contributed by atoms with Gasteiger partial charge in [0.15, 0.2) is 0 Å². The Morgan fingerprint density at radius 1 is 1.07 bits per heavy atom. The maximum atomic E-state index is 5.61. The van der Waals surface area contributed by atoms with Crippen LogP contribution in [0.2, 0.25) is 0 Å². The molecule has 2 heteroatoms. The first-order chi connectivity index (χ1) is 7.09. The minimum atomic E-state index is -0.192. The maximum absolute atomic E-state index is 5.61. The highest BCUT2D eigenvalue weighted by atomic mass is 16.6. The van der Waals surface area contributed by atoms with Gasteiger partial charge in [0.2, 0.25) is 0 Å². The molecule has 0 atom stereocenters. The topological polar surface area (TPSA) is 18.5 Å². The van der Waals surface area contributed by atoms with Crippen LogP contribution < -0.4 is 0 Å². The maximum Gasteiger partial charge on any atom is 0.139 e. The number of ether oxygens (including phenoxy) is 2. The van der Waals surface area contributed by atoms with Crippen LogP contribution in [0.1, 0.15) is 22.3 Å². The predicted molar refractivity (Wildman–Crippen MR) is 60.2 cm³/mol. The second kappa shape index (κ2) is 3.62. The van der Waals surface area contributed by atoms with Crippen LogP contribution >= 0.6 is 0 Å². The highest BCUT2D eigenvalue weighted by Gasteiger charge is 2.41. The summed E-state index contributed by atoms with van der Waals surface area (Å²) in [5.41, 5.74) is 5.03. The normalized spacial score (nSPS) is 18.7. The van der Waals surface area contributed by atoms with E-state index in [1.165, 1.54) is 22.3 Å². The van der Waals surface area contributed by atoms with Crippen molar-refractivity contribution < 1.29 is 9.47 Å². The van der Waals surface area contributed by atoms with Crippen molar-refractivity contribution in [3.63, 3.8) is 0 Å². The summed E-state index contributed by atoms with van der Waals surface area (Å²) < 4.78 is 10.9. The van der Waals surface area contributed by atoms with Gasteiger partial charge in [-0.1, -0.05) is 12.1 Å². The Morgan fingerprint density at radius 3 is 2.13 bits per heavy atom. The van der Waals surface area contributed by atoms with Gasteiger partial charge in [0.1, 0.15) is 5.60 Å². The Balaban J connectivity index is 2.47. The van der Waals surface area contributed by atoms with Gasteiger partial charge in [-0.25, -0.2) is 0 Å². The van der Waals surface area contributed by atoms with E-state index in [1.807, 2.05) is 0 Å². The Kier molecular flexibility index (Phi) is 2.57. The molecule has 0 spiro atoms. The van der Waals surface area contributed by atoms with Crippen LogP contribution in [-0.4, -0.2) is 20.3 Å². The van der Waals surface area contributed by atoms with Crippen molar-refractivity contribution in [3.05, 3.63) is 34.4 Å². The molecule has 1 fully saturated rings. The van der Waals surface area contributed by atoms with Crippen molar-refractivity contribution in [3.8, 4) is 0 Å². The van der Waals surface area contributed by atoms with Crippen LogP contribution in [0, 0.1) is 20.8 Å². The van der Waals surface area contributed by atoms with Gasteiger partial charge in [-0.05, 0) is 43.0 Å². The fraction of sp³-hybridized carbons (Fsp3) is 0.538. The van der Waals surface area contributed by atoms with Gasteiger partial charge in [0.25, 0.3) is 0 Å². The van der Waals surface area contributed by atoms with Crippen molar-refractivity contribution in [1.29, 1.82) is 0 Å². The van der Waals surface area contributed by atoms with Crippen LogP contribution in [0.4, 0.5) is 0 Å². The van der Waals surface area contributed by atoms with Crippen LogP contribution in [0.5, 0.6) is 0 Å². The average Bonchev–Trinajstić information content (AvgIpc) is 2.12. The summed E-state index contributed by atoms with van der Waals surface area (Å²) in [5.74, 6) is 0. The minimum absolute atomic E-state index is 0.192. The molecule has 1 aromatic rings. The molecule has 0 N–H and O–H groups in total. The van der Waals surface area contributed by atoms with Crippen molar-refractivity contribution in [2.45, 2.75) is 26.4 Å². The molecule has 0 aliphatic carbocycles. The third-order valence-corrected chi connectivity index (χ3v) is 3.39. The molecule has 1 aromatic carbocycles. The Bertz CT molecular complexity index is 373. The number of hydrogen-bond donors (Lipinski definition) is 0. The summed E-state index contributed by atoms with van der Waals surface area (Å²) in [6.07, 6.45) is 0. The first-order valence-electron chi connectivity index (χ1n) is 5.30. The lowest BCUT2D eigenvalue weighted by Gasteiger charge is -2.41. The van der Waals surface area contributed by atoms with E-state index in [2.05, 4.69) is 32.9 Å². The second-order valence-electron chi connectivity index (χ2n) is 4.44. The fourth-order valence-corrected chi connectivity index (χ4v) is 2.12. The van der Waals surface area contributed by atoms with Crippen LogP contribution in [0.3, 0.4) is 0 Å². The molecular weight excluding hydrogens is 188 g/mol. The SMILES string of the molecule is COC1(c2cc(C)c(C)cc2C)COC1. The van der Waals surface area contributed by atoms with E-state index < -0.39 is 0 Å². The zero-order valence-electron chi connectivity index (χ0n) is 9.89. The molecule has 15 heavy (non-hydrogen) atoms. The van der Waals surface area contributed by atoms with Gasteiger partial charge in [-0.2, -0.15) is 0 Å². The molecule has 1 aliphatic heterocycles. The lowest BCUT2D eigenvalue weighted by Crippen LogP contribution is -2.48. The van der Waals surface area contributed by atoms with Crippen LogP contribution in [0.25, 0.3) is 0 Å². The summed E-state index contributed by atoms with van der Waals surface area (Å²) in [5, 5.41) is 0. The van der Waals surface area contributed by atoms with Gasteiger partial charge in [-0.15, -0.1) is 0 Å². The molecule has 0 radical (unpaired) electrons. The molecule has 1 saturated heterocycles. The summed E-state index contributed by atoms with van der Waals surface area (Å²) in [4.78, 5) is 0. The monoisotopic (exact) mass is 206 g/mol. The lowest BCUT2D eigenvalue weighted by molar-refractivity contribution is -0.202. The molecular formula is C13H18O2. The molecule has 1 heterocycles. The van der Waals surface area contributed by atoms with Crippen molar-refractivity contribution >= 4 is 0 Å². The van der Waals surface area contributed by atoms with Gasteiger partial charge >= 0.3 is 0 Å². The van der Waals surface area contributed by atoms with E-state index in [9.17, 15) is 0 Å². The number of rotatable bonds is 2. The van der Waals surface area contributed by atoms with Crippen LogP contribution in [0.15, 0.2) is 12.1 Å². The number of benzene rings is 1. The average molecular weight is 206 g/mol. The van der Waals surface area contributed by atoms with E-state index in [-0.39, 0.29) is 5.60 Å². The number of aryl methyl sites for hydroxylation is 3. The minimum Gasteiger partial charge on any atom is -0.375 e. The Morgan fingerprint density at radius 2 is 1.67 bits per heavy atom. The summed E-state index contributed by atoms with van der Waals surface area (Å²) in [6.45, 7) is 7.77. The van der Waals surface area contributed by atoms with E-state index in [0.717, 1.165) is 0 Å². The largest absolute Gasteiger partial charge is 0.375 e. The lowest BCUT2D eigenvalue weighted by atomic mass is 9.86. The molecule has 0 saturated carbocycles. The van der Waals surface area contributed by atoms with E-state index in [1.54, 1.807) is 7.11 Å². The molecule has 1 aliphatic rings. The molecule has 82 valence electrons. The van der Waals surface area contributed by atoms with Gasteiger partial charge in [0, 0.05) is 7.11 Å². The van der Waals surface area contributed by atoms with Crippen molar-refractivity contribution in [2.75, 3.05) is 20.3 Å². The molecule has 2 rings (SSSR count). The smallest absolute Gasteiger partial charge is 0.139 e. The third-order valence-electron chi connectivity index (χ3n) is 3.39. The van der Waals surface area contributed by atoms with Gasteiger partial charge in [0.05, 0.1) is 13.2 Å². The van der Waals surface area contributed by atoms with Crippen LogP contribution in [-0.2, 0) is 15.1 Å². The molecule has 2 nitrogen and oxygen atoms in total.